The summed E-state index contributed by atoms with van der Waals surface area (Å²) in [7, 11) is 0. The fourth-order valence-corrected chi connectivity index (χ4v) is 4.80. The maximum Gasteiger partial charge on any atom is 0.259 e. The highest BCUT2D eigenvalue weighted by molar-refractivity contribution is 7.19. The van der Waals surface area contributed by atoms with Crippen molar-refractivity contribution < 1.29 is 13.9 Å². The molecule has 1 unspecified atom stereocenters. The Bertz CT molecular complexity index is 1030. The second-order valence-corrected chi connectivity index (χ2v) is 8.96. The molecule has 0 bridgehead atoms. The summed E-state index contributed by atoms with van der Waals surface area (Å²) in [5.74, 6) is -0.306. The summed E-state index contributed by atoms with van der Waals surface area (Å²) in [6.45, 7) is 2.15. The van der Waals surface area contributed by atoms with Gasteiger partial charge in [0.1, 0.15) is 5.82 Å². The number of carbonyl (C=O) groups excluding carboxylic acids is 1. The molecule has 0 saturated heterocycles. The number of ether oxygens (including phenoxy) is 1. The number of carbonyl (C=O) groups is 1. The number of anilines is 2. The second kappa shape index (κ2) is 11.2. The zero-order valence-corrected chi connectivity index (χ0v) is 19.2. The average molecular weight is 471 g/mol. The SMILES string of the molecule is CCO[C@@H](C(=O)Nc1nnc(N[C@H]2CCCC(c3cccnn3)CC2)s1)c1ccc(F)cc1. The van der Waals surface area contributed by atoms with Gasteiger partial charge in [-0.3, -0.25) is 10.1 Å². The van der Waals surface area contributed by atoms with Crippen LogP contribution in [0.5, 0.6) is 0 Å². The van der Waals surface area contributed by atoms with E-state index < -0.39 is 6.10 Å². The van der Waals surface area contributed by atoms with Gasteiger partial charge in [0.25, 0.3) is 5.91 Å². The van der Waals surface area contributed by atoms with Crippen molar-refractivity contribution in [3.8, 4) is 0 Å². The van der Waals surface area contributed by atoms with Gasteiger partial charge in [-0.15, -0.1) is 10.2 Å². The standard InChI is InChI=1S/C23H27FN6O2S/c1-2-32-20(16-8-11-17(24)12-9-16)21(31)27-23-30-29-22(33-23)26-18-6-3-5-15(10-13-18)19-7-4-14-25-28-19/h4,7-9,11-12,14-15,18,20H,2-3,5-6,10,13H2,1H3,(H,26,29)(H,27,30,31)/t15?,18-,20+/m0/s1. The molecule has 0 spiro atoms. The lowest BCUT2D eigenvalue weighted by molar-refractivity contribution is -0.127. The van der Waals surface area contributed by atoms with Gasteiger partial charge in [0.2, 0.25) is 10.3 Å². The summed E-state index contributed by atoms with van der Waals surface area (Å²) in [4.78, 5) is 12.8. The number of hydrogen-bond donors (Lipinski definition) is 2. The zero-order valence-electron chi connectivity index (χ0n) is 18.4. The third-order valence-electron chi connectivity index (χ3n) is 5.71. The van der Waals surface area contributed by atoms with Crippen LogP contribution in [0.15, 0.2) is 42.6 Å². The summed E-state index contributed by atoms with van der Waals surface area (Å²) in [6, 6.07) is 9.98. The van der Waals surface area contributed by atoms with E-state index in [-0.39, 0.29) is 11.7 Å². The van der Waals surface area contributed by atoms with Crippen LogP contribution >= 0.6 is 11.3 Å². The Kier molecular flexibility index (Phi) is 7.90. The highest BCUT2D eigenvalue weighted by atomic mass is 32.1. The Morgan fingerprint density at radius 2 is 1.94 bits per heavy atom. The van der Waals surface area contributed by atoms with Crippen LogP contribution in [0.4, 0.5) is 14.7 Å². The maximum atomic E-state index is 13.2. The van der Waals surface area contributed by atoms with Gasteiger partial charge in [0, 0.05) is 24.8 Å². The Labute approximate surface area is 196 Å². The maximum absolute atomic E-state index is 13.2. The number of nitrogens with zero attached hydrogens (tertiary/aromatic N) is 4. The molecule has 4 rings (SSSR count). The molecule has 0 radical (unpaired) electrons. The van der Waals surface area contributed by atoms with Crippen LogP contribution in [0.25, 0.3) is 0 Å². The molecule has 8 nitrogen and oxygen atoms in total. The number of aromatic nitrogens is 4. The van der Waals surface area contributed by atoms with Crippen LogP contribution in [0, 0.1) is 5.82 Å². The van der Waals surface area contributed by atoms with E-state index in [9.17, 15) is 9.18 Å². The summed E-state index contributed by atoms with van der Waals surface area (Å²) in [5, 5.41) is 23.9. The van der Waals surface area contributed by atoms with Crippen molar-refractivity contribution in [2.75, 3.05) is 17.2 Å². The van der Waals surface area contributed by atoms with Gasteiger partial charge in [-0.2, -0.15) is 10.2 Å². The Hall–Kier alpha value is -2.98. The van der Waals surface area contributed by atoms with Gasteiger partial charge in [-0.05, 0) is 62.4 Å². The molecule has 1 saturated carbocycles. The zero-order chi connectivity index (χ0) is 23.0. The number of hydrogen-bond acceptors (Lipinski definition) is 8. The molecule has 0 aliphatic heterocycles. The van der Waals surface area contributed by atoms with Crippen LogP contribution in [-0.4, -0.2) is 39.0 Å². The lowest BCUT2D eigenvalue weighted by Gasteiger charge is -2.16. The Balaban J connectivity index is 1.33. The van der Waals surface area contributed by atoms with Crippen molar-refractivity contribution >= 4 is 27.5 Å². The number of benzene rings is 1. The molecule has 2 heterocycles. The van der Waals surface area contributed by atoms with Crippen LogP contribution < -0.4 is 10.6 Å². The first-order valence-corrected chi connectivity index (χ1v) is 12.0. The van der Waals surface area contributed by atoms with Gasteiger partial charge in [-0.1, -0.05) is 29.9 Å². The lowest BCUT2D eigenvalue weighted by atomic mass is 9.96. The highest BCUT2D eigenvalue weighted by Crippen LogP contribution is 2.32. The van der Waals surface area contributed by atoms with Crippen LogP contribution in [0.2, 0.25) is 0 Å². The van der Waals surface area contributed by atoms with E-state index in [0.717, 1.165) is 37.8 Å². The first kappa shape index (κ1) is 23.2. The second-order valence-electron chi connectivity index (χ2n) is 7.98. The third kappa shape index (κ3) is 6.29. The summed E-state index contributed by atoms with van der Waals surface area (Å²) in [6.07, 6.45) is 6.11. The molecule has 1 aliphatic rings. The van der Waals surface area contributed by atoms with E-state index in [1.165, 1.54) is 23.5 Å². The molecule has 174 valence electrons. The fraction of sp³-hybridized carbons (Fsp3) is 0.435. The molecule has 1 aromatic carbocycles. The topological polar surface area (TPSA) is 102 Å². The first-order valence-electron chi connectivity index (χ1n) is 11.2. The van der Waals surface area contributed by atoms with Gasteiger partial charge >= 0.3 is 0 Å². The molecule has 2 N–H and O–H groups in total. The van der Waals surface area contributed by atoms with Crippen LogP contribution in [0.1, 0.15) is 62.3 Å². The Morgan fingerprint density at radius 1 is 1.12 bits per heavy atom. The predicted octanol–water partition coefficient (Wildman–Crippen LogP) is 4.71. The molecule has 3 aromatic rings. The largest absolute Gasteiger partial charge is 0.364 e. The van der Waals surface area contributed by atoms with Crippen molar-refractivity contribution in [1.29, 1.82) is 0 Å². The molecular formula is C23H27FN6O2S. The number of rotatable bonds is 8. The molecule has 1 fully saturated rings. The van der Waals surface area contributed by atoms with Gasteiger partial charge in [-0.25, -0.2) is 4.39 Å². The average Bonchev–Trinajstić information content (AvgIpc) is 3.13. The van der Waals surface area contributed by atoms with Crippen molar-refractivity contribution in [2.24, 2.45) is 0 Å². The van der Waals surface area contributed by atoms with Crippen LogP contribution in [0.3, 0.4) is 0 Å². The third-order valence-corrected chi connectivity index (χ3v) is 6.48. The van der Waals surface area contributed by atoms with E-state index in [0.29, 0.717) is 34.4 Å². The van der Waals surface area contributed by atoms with E-state index in [2.05, 4.69) is 31.0 Å². The van der Waals surface area contributed by atoms with Crippen molar-refractivity contribution in [2.45, 2.75) is 57.1 Å². The fourth-order valence-electron chi connectivity index (χ4n) is 4.08. The molecule has 10 heteroatoms. The number of amides is 1. The van der Waals surface area contributed by atoms with E-state index in [1.54, 1.807) is 25.3 Å². The molecule has 3 atom stereocenters. The van der Waals surface area contributed by atoms with E-state index in [1.807, 2.05) is 12.1 Å². The molecular weight excluding hydrogens is 443 g/mol. The monoisotopic (exact) mass is 470 g/mol. The number of halogens is 1. The minimum Gasteiger partial charge on any atom is -0.364 e. The predicted molar refractivity (Wildman–Crippen MR) is 125 cm³/mol. The quantitative estimate of drug-likeness (QED) is 0.460. The van der Waals surface area contributed by atoms with E-state index >= 15 is 0 Å². The molecule has 2 aromatic heterocycles. The van der Waals surface area contributed by atoms with Crippen LogP contribution in [-0.2, 0) is 9.53 Å². The summed E-state index contributed by atoms with van der Waals surface area (Å²) >= 11 is 1.29. The molecule has 1 aliphatic carbocycles. The number of nitrogens with one attached hydrogen (secondary N) is 2. The van der Waals surface area contributed by atoms with Crippen molar-refractivity contribution in [1.82, 2.24) is 20.4 Å². The molecule has 33 heavy (non-hydrogen) atoms. The first-order chi connectivity index (χ1) is 16.1. The summed E-state index contributed by atoms with van der Waals surface area (Å²) < 4.78 is 18.8. The minimum atomic E-state index is -0.851. The molecule has 1 amide bonds. The highest BCUT2D eigenvalue weighted by Gasteiger charge is 2.24. The van der Waals surface area contributed by atoms with Crippen molar-refractivity contribution in [3.63, 3.8) is 0 Å². The van der Waals surface area contributed by atoms with Gasteiger partial charge in [0.15, 0.2) is 6.10 Å². The Morgan fingerprint density at radius 3 is 2.70 bits per heavy atom. The van der Waals surface area contributed by atoms with Gasteiger partial charge in [0.05, 0.1) is 5.69 Å². The van der Waals surface area contributed by atoms with Gasteiger partial charge < -0.3 is 10.1 Å². The smallest absolute Gasteiger partial charge is 0.259 e. The lowest BCUT2D eigenvalue weighted by Crippen LogP contribution is -2.23. The van der Waals surface area contributed by atoms with E-state index in [4.69, 9.17) is 4.74 Å². The summed E-state index contributed by atoms with van der Waals surface area (Å²) in [5.41, 5.74) is 1.64. The minimum absolute atomic E-state index is 0.290. The van der Waals surface area contributed by atoms with Crippen molar-refractivity contribution in [3.05, 3.63) is 59.7 Å². The normalized spacial score (nSPS) is 19.5.